The van der Waals surface area contributed by atoms with Crippen molar-refractivity contribution in [2.24, 2.45) is 0 Å². The molecule has 2 aromatic rings. The molecular weight excluding hydrogens is 246 g/mol. The molecule has 0 heterocycles. The van der Waals surface area contributed by atoms with Crippen molar-refractivity contribution in [1.82, 2.24) is 4.90 Å². The first-order valence-corrected chi connectivity index (χ1v) is 6.94. The molecule has 0 spiro atoms. The SMILES string of the molecule is CN(C)C(c1ccc(-c2ccccc2)cc1)C(C)(C)O. The fourth-order valence-corrected chi connectivity index (χ4v) is 2.83. The van der Waals surface area contributed by atoms with Crippen LogP contribution in [0.3, 0.4) is 0 Å². The molecule has 20 heavy (non-hydrogen) atoms. The van der Waals surface area contributed by atoms with Crippen molar-refractivity contribution in [3.05, 3.63) is 60.2 Å². The number of aliphatic hydroxyl groups is 1. The highest BCUT2D eigenvalue weighted by Crippen LogP contribution is 2.31. The van der Waals surface area contributed by atoms with Gasteiger partial charge in [-0.05, 0) is 44.6 Å². The van der Waals surface area contributed by atoms with Gasteiger partial charge in [0.2, 0.25) is 0 Å². The largest absolute Gasteiger partial charge is 0.388 e. The zero-order chi connectivity index (χ0) is 14.8. The molecule has 0 aliphatic carbocycles. The number of benzene rings is 2. The van der Waals surface area contributed by atoms with E-state index in [0.29, 0.717) is 0 Å². The highest BCUT2D eigenvalue weighted by molar-refractivity contribution is 5.63. The number of likely N-dealkylation sites (N-methyl/N-ethyl adjacent to an activating group) is 1. The maximum Gasteiger partial charge on any atom is 0.0787 e. The van der Waals surface area contributed by atoms with E-state index in [-0.39, 0.29) is 6.04 Å². The molecule has 0 saturated carbocycles. The lowest BCUT2D eigenvalue weighted by Crippen LogP contribution is -2.38. The second-order valence-electron chi connectivity index (χ2n) is 6.01. The Balaban J connectivity index is 2.32. The predicted molar refractivity (Wildman–Crippen MR) is 84.6 cm³/mol. The molecule has 1 N–H and O–H groups in total. The van der Waals surface area contributed by atoms with E-state index in [9.17, 15) is 5.11 Å². The monoisotopic (exact) mass is 269 g/mol. The van der Waals surface area contributed by atoms with Gasteiger partial charge in [0.05, 0.1) is 11.6 Å². The third kappa shape index (κ3) is 3.27. The van der Waals surface area contributed by atoms with E-state index < -0.39 is 5.60 Å². The van der Waals surface area contributed by atoms with Crippen LogP contribution in [0.4, 0.5) is 0 Å². The minimum Gasteiger partial charge on any atom is -0.388 e. The number of hydrogen-bond acceptors (Lipinski definition) is 2. The Morgan fingerprint density at radius 3 is 1.80 bits per heavy atom. The molecule has 2 rings (SSSR count). The van der Waals surface area contributed by atoms with Crippen LogP contribution in [0.15, 0.2) is 54.6 Å². The number of rotatable bonds is 4. The highest BCUT2D eigenvalue weighted by atomic mass is 16.3. The van der Waals surface area contributed by atoms with E-state index in [2.05, 4.69) is 41.3 Å². The first-order chi connectivity index (χ1) is 9.39. The van der Waals surface area contributed by atoms with Gasteiger partial charge in [-0.25, -0.2) is 0 Å². The van der Waals surface area contributed by atoms with Crippen LogP contribution in [0, 0.1) is 0 Å². The Bertz CT molecular complexity index is 538. The van der Waals surface area contributed by atoms with Crippen LogP contribution in [0.5, 0.6) is 0 Å². The summed E-state index contributed by atoms with van der Waals surface area (Å²) in [6.07, 6.45) is 0. The zero-order valence-electron chi connectivity index (χ0n) is 12.7. The molecule has 0 bridgehead atoms. The van der Waals surface area contributed by atoms with Gasteiger partial charge in [-0.1, -0.05) is 54.6 Å². The van der Waals surface area contributed by atoms with Crippen molar-refractivity contribution in [3.63, 3.8) is 0 Å². The minimum atomic E-state index is -0.780. The summed E-state index contributed by atoms with van der Waals surface area (Å²) in [5.74, 6) is 0. The van der Waals surface area contributed by atoms with Gasteiger partial charge in [0.25, 0.3) is 0 Å². The lowest BCUT2D eigenvalue weighted by Gasteiger charge is -2.35. The lowest BCUT2D eigenvalue weighted by atomic mass is 9.90. The van der Waals surface area contributed by atoms with Crippen LogP contribution in [-0.4, -0.2) is 29.7 Å². The van der Waals surface area contributed by atoms with E-state index in [1.807, 2.05) is 46.1 Å². The van der Waals surface area contributed by atoms with E-state index in [1.165, 1.54) is 11.1 Å². The first-order valence-electron chi connectivity index (χ1n) is 6.94. The molecule has 2 aromatic carbocycles. The summed E-state index contributed by atoms with van der Waals surface area (Å²) in [5.41, 5.74) is 2.76. The average Bonchev–Trinajstić information content (AvgIpc) is 2.38. The molecule has 106 valence electrons. The van der Waals surface area contributed by atoms with Crippen molar-refractivity contribution in [2.45, 2.75) is 25.5 Å². The standard InChI is InChI=1S/C18H23NO/c1-18(2,20)17(19(3)4)16-12-10-15(11-13-16)14-8-6-5-7-9-14/h5-13,17,20H,1-4H3. The summed E-state index contributed by atoms with van der Waals surface area (Å²) in [7, 11) is 3.99. The fourth-order valence-electron chi connectivity index (χ4n) is 2.83. The topological polar surface area (TPSA) is 23.5 Å². The van der Waals surface area contributed by atoms with Crippen molar-refractivity contribution in [1.29, 1.82) is 0 Å². The van der Waals surface area contributed by atoms with E-state index in [1.54, 1.807) is 0 Å². The van der Waals surface area contributed by atoms with Crippen LogP contribution >= 0.6 is 0 Å². The summed E-state index contributed by atoms with van der Waals surface area (Å²) >= 11 is 0. The van der Waals surface area contributed by atoms with Crippen molar-refractivity contribution >= 4 is 0 Å². The second-order valence-corrected chi connectivity index (χ2v) is 6.01. The van der Waals surface area contributed by atoms with Crippen LogP contribution in [0.2, 0.25) is 0 Å². The van der Waals surface area contributed by atoms with Gasteiger partial charge >= 0.3 is 0 Å². The Morgan fingerprint density at radius 2 is 1.35 bits per heavy atom. The van der Waals surface area contributed by atoms with Crippen LogP contribution in [-0.2, 0) is 0 Å². The molecule has 0 amide bonds. The zero-order valence-corrected chi connectivity index (χ0v) is 12.7. The molecule has 0 aromatic heterocycles. The minimum absolute atomic E-state index is 0.0210. The first kappa shape index (κ1) is 14.8. The molecule has 2 nitrogen and oxygen atoms in total. The Labute approximate surface area is 121 Å². The van der Waals surface area contributed by atoms with Crippen molar-refractivity contribution in [3.8, 4) is 11.1 Å². The maximum atomic E-state index is 10.3. The lowest BCUT2D eigenvalue weighted by molar-refractivity contribution is -0.00314. The number of hydrogen-bond donors (Lipinski definition) is 1. The summed E-state index contributed by atoms with van der Waals surface area (Å²) in [4.78, 5) is 2.05. The van der Waals surface area contributed by atoms with Gasteiger partial charge < -0.3 is 5.11 Å². The van der Waals surface area contributed by atoms with Gasteiger partial charge in [-0.3, -0.25) is 4.90 Å². The Kier molecular flexibility index (Phi) is 4.26. The molecule has 1 unspecified atom stereocenters. The maximum absolute atomic E-state index is 10.3. The third-order valence-corrected chi connectivity index (χ3v) is 3.52. The molecule has 1 atom stereocenters. The summed E-state index contributed by atoms with van der Waals surface area (Å²) in [6.45, 7) is 3.70. The molecule has 0 aliphatic rings. The van der Waals surface area contributed by atoms with E-state index in [4.69, 9.17) is 0 Å². The molecule has 2 heteroatoms. The summed E-state index contributed by atoms with van der Waals surface area (Å²) < 4.78 is 0. The summed E-state index contributed by atoms with van der Waals surface area (Å²) in [5, 5.41) is 10.3. The fraction of sp³-hybridized carbons (Fsp3) is 0.333. The second kappa shape index (κ2) is 5.78. The quantitative estimate of drug-likeness (QED) is 0.914. The molecular formula is C18H23NO. The van der Waals surface area contributed by atoms with Gasteiger partial charge in [0, 0.05) is 0 Å². The number of nitrogens with zero attached hydrogens (tertiary/aromatic N) is 1. The average molecular weight is 269 g/mol. The van der Waals surface area contributed by atoms with Gasteiger partial charge in [-0.15, -0.1) is 0 Å². The summed E-state index contributed by atoms with van der Waals surface area (Å²) in [6, 6.07) is 18.7. The Morgan fingerprint density at radius 1 is 0.850 bits per heavy atom. The van der Waals surface area contributed by atoms with Crippen LogP contribution in [0.25, 0.3) is 11.1 Å². The third-order valence-electron chi connectivity index (χ3n) is 3.52. The molecule has 0 radical (unpaired) electrons. The van der Waals surface area contributed by atoms with Crippen LogP contribution in [0.1, 0.15) is 25.5 Å². The van der Waals surface area contributed by atoms with E-state index in [0.717, 1.165) is 5.56 Å². The molecule has 0 saturated heterocycles. The van der Waals surface area contributed by atoms with Gasteiger partial charge in [0.15, 0.2) is 0 Å². The van der Waals surface area contributed by atoms with Gasteiger partial charge in [0.1, 0.15) is 0 Å². The Hall–Kier alpha value is -1.64. The highest BCUT2D eigenvalue weighted by Gasteiger charge is 2.30. The van der Waals surface area contributed by atoms with Crippen molar-refractivity contribution < 1.29 is 5.11 Å². The van der Waals surface area contributed by atoms with Crippen LogP contribution < -0.4 is 0 Å². The molecule has 0 aliphatic heterocycles. The van der Waals surface area contributed by atoms with Crippen molar-refractivity contribution in [2.75, 3.05) is 14.1 Å². The van der Waals surface area contributed by atoms with Gasteiger partial charge in [-0.2, -0.15) is 0 Å². The van der Waals surface area contributed by atoms with E-state index >= 15 is 0 Å². The smallest absolute Gasteiger partial charge is 0.0787 e. The predicted octanol–water partition coefficient (Wildman–Crippen LogP) is 3.73. The normalized spacial score (nSPS) is 13.5. The molecule has 0 fully saturated rings.